The lowest BCUT2D eigenvalue weighted by Crippen LogP contribution is -2.49. The van der Waals surface area contributed by atoms with Gasteiger partial charge in [0.05, 0.1) is 12.0 Å². The average Bonchev–Trinajstić information content (AvgIpc) is 3.47. The van der Waals surface area contributed by atoms with E-state index in [2.05, 4.69) is 18.0 Å². The molecule has 1 aliphatic rings. The van der Waals surface area contributed by atoms with E-state index in [0.29, 0.717) is 48.6 Å². The number of carbonyl (C=O) groups is 1. The molecular formula is C22H21ClN4O3S. The predicted molar refractivity (Wildman–Crippen MR) is 120 cm³/mol. The molecule has 3 aromatic rings. The zero-order valence-electron chi connectivity index (χ0n) is 17.0. The first kappa shape index (κ1) is 21.3. The summed E-state index contributed by atoms with van der Waals surface area (Å²) in [5.74, 6) is 1.70. The fourth-order valence-corrected chi connectivity index (χ4v) is 4.43. The fourth-order valence-electron chi connectivity index (χ4n) is 3.38. The van der Waals surface area contributed by atoms with Crippen molar-refractivity contribution in [2.75, 3.05) is 36.8 Å². The van der Waals surface area contributed by atoms with E-state index in [0.717, 1.165) is 5.56 Å². The van der Waals surface area contributed by atoms with E-state index < -0.39 is 0 Å². The lowest BCUT2D eigenvalue weighted by molar-refractivity contribution is -0.128. The topological polar surface area (TPSA) is 86.5 Å². The molecule has 1 aromatic carbocycles. The molecule has 1 amide bonds. The minimum Gasteiger partial charge on any atom is -0.459 e. The van der Waals surface area contributed by atoms with Crippen molar-refractivity contribution in [2.45, 2.75) is 12.2 Å². The van der Waals surface area contributed by atoms with Crippen molar-refractivity contribution in [3.8, 4) is 17.7 Å². The van der Waals surface area contributed by atoms with E-state index in [4.69, 9.17) is 20.4 Å². The molecule has 0 N–H and O–H groups in total. The van der Waals surface area contributed by atoms with Gasteiger partial charge in [0.25, 0.3) is 5.89 Å². The van der Waals surface area contributed by atoms with Crippen LogP contribution in [0.2, 0.25) is 5.02 Å². The van der Waals surface area contributed by atoms with Crippen LogP contribution < -0.4 is 4.90 Å². The van der Waals surface area contributed by atoms with Crippen molar-refractivity contribution in [2.24, 2.45) is 0 Å². The number of nitrogens with zero attached hydrogens (tertiary/aromatic N) is 4. The molecule has 160 valence electrons. The summed E-state index contributed by atoms with van der Waals surface area (Å²) in [4.78, 5) is 20.7. The molecule has 4 rings (SSSR count). The van der Waals surface area contributed by atoms with Gasteiger partial charge in [-0.2, -0.15) is 10.2 Å². The van der Waals surface area contributed by atoms with Gasteiger partial charge in [0, 0.05) is 36.5 Å². The number of aromatic nitrogens is 1. The van der Waals surface area contributed by atoms with E-state index in [1.165, 1.54) is 6.26 Å². The average molecular weight is 457 g/mol. The zero-order chi connectivity index (χ0) is 21.8. The van der Waals surface area contributed by atoms with Gasteiger partial charge < -0.3 is 18.6 Å². The third-order valence-electron chi connectivity index (χ3n) is 5.16. The molecule has 1 fully saturated rings. The monoisotopic (exact) mass is 456 g/mol. The first-order chi connectivity index (χ1) is 15.0. The highest BCUT2D eigenvalue weighted by Gasteiger charge is 2.27. The number of oxazole rings is 1. The maximum Gasteiger partial charge on any atom is 0.266 e. The molecule has 0 saturated carbocycles. The molecule has 1 saturated heterocycles. The van der Waals surface area contributed by atoms with E-state index in [9.17, 15) is 10.1 Å². The SMILES string of the molecule is CC(SCC(=O)N1CCN(c2oc(-c3ccco3)nc2C#N)CC1)c1ccc(Cl)cc1. The van der Waals surface area contributed by atoms with Gasteiger partial charge in [-0.3, -0.25) is 4.79 Å². The number of nitriles is 1. The highest BCUT2D eigenvalue weighted by Crippen LogP contribution is 2.31. The molecular weight excluding hydrogens is 436 g/mol. The Labute approximate surface area is 189 Å². The number of hydrogen-bond acceptors (Lipinski definition) is 7. The molecule has 9 heteroatoms. The highest BCUT2D eigenvalue weighted by atomic mass is 35.5. The number of carbonyl (C=O) groups excluding carboxylic acids is 1. The number of benzene rings is 1. The minimum atomic E-state index is 0.111. The van der Waals surface area contributed by atoms with Crippen LogP contribution in [-0.4, -0.2) is 47.7 Å². The second-order valence-corrected chi connectivity index (χ2v) is 8.90. The van der Waals surface area contributed by atoms with Crippen LogP contribution in [-0.2, 0) is 4.79 Å². The van der Waals surface area contributed by atoms with Gasteiger partial charge in [-0.15, -0.1) is 11.8 Å². The van der Waals surface area contributed by atoms with Crippen LogP contribution in [0.4, 0.5) is 5.88 Å². The van der Waals surface area contributed by atoms with Gasteiger partial charge >= 0.3 is 0 Å². The Kier molecular flexibility index (Phi) is 6.54. The summed E-state index contributed by atoms with van der Waals surface area (Å²) in [7, 11) is 0. The first-order valence-electron chi connectivity index (χ1n) is 9.89. The molecule has 31 heavy (non-hydrogen) atoms. The smallest absolute Gasteiger partial charge is 0.266 e. The number of rotatable bonds is 6. The molecule has 0 bridgehead atoms. The van der Waals surface area contributed by atoms with E-state index in [1.807, 2.05) is 34.1 Å². The van der Waals surface area contributed by atoms with Crippen LogP contribution in [0.25, 0.3) is 11.7 Å². The number of furan rings is 1. The zero-order valence-corrected chi connectivity index (χ0v) is 18.5. The second-order valence-electron chi connectivity index (χ2n) is 7.13. The van der Waals surface area contributed by atoms with Crippen molar-refractivity contribution in [3.05, 3.63) is 58.9 Å². The minimum absolute atomic E-state index is 0.111. The molecule has 1 unspecified atom stereocenters. The van der Waals surface area contributed by atoms with E-state index in [-0.39, 0.29) is 22.7 Å². The Balaban J connectivity index is 1.32. The molecule has 0 radical (unpaired) electrons. The van der Waals surface area contributed by atoms with Crippen LogP contribution in [0, 0.1) is 11.3 Å². The lowest BCUT2D eigenvalue weighted by atomic mass is 10.2. The van der Waals surface area contributed by atoms with Crippen molar-refractivity contribution in [1.29, 1.82) is 5.26 Å². The Morgan fingerprint density at radius 2 is 2.00 bits per heavy atom. The number of halogens is 1. The second kappa shape index (κ2) is 9.50. The van der Waals surface area contributed by atoms with Crippen LogP contribution in [0.1, 0.15) is 23.4 Å². The first-order valence-corrected chi connectivity index (χ1v) is 11.3. The Morgan fingerprint density at radius 3 is 2.65 bits per heavy atom. The number of thioether (sulfide) groups is 1. The molecule has 1 aliphatic heterocycles. The molecule has 3 heterocycles. The van der Waals surface area contributed by atoms with Crippen molar-refractivity contribution >= 4 is 35.2 Å². The van der Waals surface area contributed by atoms with Gasteiger partial charge in [-0.05, 0) is 36.8 Å². The maximum atomic E-state index is 12.7. The number of amides is 1. The van der Waals surface area contributed by atoms with E-state index >= 15 is 0 Å². The summed E-state index contributed by atoms with van der Waals surface area (Å²) in [6, 6.07) is 13.3. The van der Waals surface area contributed by atoms with E-state index in [1.54, 1.807) is 23.9 Å². The van der Waals surface area contributed by atoms with Gasteiger partial charge in [0.2, 0.25) is 17.5 Å². The van der Waals surface area contributed by atoms with Gasteiger partial charge in [-0.1, -0.05) is 23.7 Å². The summed E-state index contributed by atoms with van der Waals surface area (Å²) in [6.07, 6.45) is 1.53. The van der Waals surface area contributed by atoms with Crippen LogP contribution in [0.15, 0.2) is 51.5 Å². The maximum absolute atomic E-state index is 12.7. The van der Waals surface area contributed by atoms with Crippen LogP contribution in [0.3, 0.4) is 0 Å². The third kappa shape index (κ3) is 4.89. The Morgan fingerprint density at radius 1 is 1.26 bits per heavy atom. The number of anilines is 1. The highest BCUT2D eigenvalue weighted by molar-refractivity contribution is 8.00. The van der Waals surface area contributed by atoms with Gasteiger partial charge in [-0.25, -0.2) is 0 Å². The lowest BCUT2D eigenvalue weighted by Gasteiger charge is -2.34. The number of piperazine rings is 1. The number of hydrogen-bond donors (Lipinski definition) is 0. The Bertz CT molecular complexity index is 1070. The Hall–Kier alpha value is -2.89. The standard InChI is InChI=1S/C22H21ClN4O3S/c1-15(16-4-6-17(23)7-5-16)31-14-20(28)26-8-10-27(11-9-26)22-18(13-24)25-21(30-22)19-3-2-12-29-19/h2-7,12,15H,8-11,14H2,1H3. The quantitative estimate of drug-likeness (QED) is 0.535. The van der Waals surface area contributed by atoms with Crippen molar-refractivity contribution < 1.29 is 13.6 Å². The summed E-state index contributed by atoms with van der Waals surface area (Å²) < 4.78 is 11.1. The summed E-state index contributed by atoms with van der Waals surface area (Å²) in [5.41, 5.74) is 1.37. The van der Waals surface area contributed by atoms with Crippen molar-refractivity contribution in [3.63, 3.8) is 0 Å². The summed E-state index contributed by atoms with van der Waals surface area (Å²) in [6.45, 7) is 4.37. The normalized spacial score (nSPS) is 15.0. The molecule has 0 spiro atoms. The van der Waals surface area contributed by atoms with Gasteiger partial charge in [0.1, 0.15) is 6.07 Å². The van der Waals surface area contributed by atoms with Gasteiger partial charge in [0.15, 0.2) is 5.76 Å². The van der Waals surface area contributed by atoms with Crippen LogP contribution >= 0.6 is 23.4 Å². The van der Waals surface area contributed by atoms with Crippen molar-refractivity contribution in [1.82, 2.24) is 9.88 Å². The fraction of sp³-hybridized carbons (Fsp3) is 0.318. The van der Waals surface area contributed by atoms with Crippen LogP contribution in [0.5, 0.6) is 0 Å². The summed E-state index contributed by atoms with van der Waals surface area (Å²) >= 11 is 7.56. The molecule has 7 nitrogen and oxygen atoms in total. The third-order valence-corrected chi connectivity index (χ3v) is 6.60. The molecule has 0 aliphatic carbocycles. The molecule has 2 aromatic heterocycles. The predicted octanol–water partition coefficient (Wildman–Crippen LogP) is 4.60. The summed E-state index contributed by atoms with van der Waals surface area (Å²) in [5, 5.41) is 10.3. The molecule has 1 atom stereocenters. The largest absolute Gasteiger partial charge is 0.459 e.